The fourth-order valence-corrected chi connectivity index (χ4v) is 1.79. The molecule has 0 radical (unpaired) electrons. The lowest BCUT2D eigenvalue weighted by atomic mass is 10.1. The third kappa shape index (κ3) is 5.82. The van der Waals surface area contributed by atoms with Crippen LogP contribution >= 0.6 is 0 Å². The van der Waals surface area contributed by atoms with Crippen molar-refractivity contribution in [1.82, 2.24) is 4.90 Å². The zero-order chi connectivity index (χ0) is 12.5. The summed E-state index contributed by atoms with van der Waals surface area (Å²) < 4.78 is 0. The van der Waals surface area contributed by atoms with Crippen molar-refractivity contribution in [2.24, 2.45) is 0 Å². The molecule has 0 amide bonds. The Morgan fingerprint density at radius 2 is 1.88 bits per heavy atom. The number of aliphatic hydroxyl groups is 2. The summed E-state index contributed by atoms with van der Waals surface area (Å²) >= 11 is 0. The van der Waals surface area contributed by atoms with Crippen molar-refractivity contribution in [2.45, 2.75) is 25.9 Å². The molecule has 3 heteroatoms. The van der Waals surface area contributed by atoms with E-state index in [0.29, 0.717) is 13.1 Å². The lowest BCUT2D eigenvalue weighted by molar-refractivity contribution is 0.0976. The van der Waals surface area contributed by atoms with E-state index < -0.39 is 0 Å². The van der Waals surface area contributed by atoms with Crippen LogP contribution in [0.5, 0.6) is 0 Å². The summed E-state index contributed by atoms with van der Waals surface area (Å²) in [5.74, 6) is 0. The van der Waals surface area contributed by atoms with E-state index in [4.69, 9.17) is 5.11 Å². The van der Waals surface area contributed by atoms with Crippen LogP contribution in [0.25, 0.3) is 0 Å². The monoisotopic (exact) mass is 237 g/mol. The third-order valence-corrected chi connectivity index (χ3v) is 2.92. The number of hydrogen-bond acceptors (Lipinski definition) is 3. The number of benzene rings is 1. The largest absolute Gasteiger partial charge is 0.395 e. The molecule has 1 atom stereocenters. The van der Waals surface area contributed by atoms with Crippen molar-refractivity contribution in [1.29, 1.82) is 0 Å². The minimum absolute atomic E-state index is 0.144. The quantitative estimate of drug-likeness (QED) is 0.716. The summed E-state index contributed by atoms with van der Waals surface area (Å²) in [6, 6.07) is 10.3. The van der Waals surface area contributed by atoms with Crippen LogP contribution in [-0.2, 0) is 6.42 Å². The van der Waals surface area contributed by atoms with Crippen molar-refractivity contribution >= 4 is 0 Å². The molecule has 0 bridgehead atoms. The molecular formula is C14H23NO2. The minimum atomic E-state index is -0.294. The van der Waals surface area contributed by atoms with Gasteiger partial charge >= 0.3 is 0 Å². The van der Waals surface area contributed by atoms with Gasteiger partial charge in [-0.25, -0.2) is 0 Å². The molecule has 0 aromatic heterocycles. The first-order chi connectivity index (χ1) is 8.26. The predicted molar refractivity (Wildman–Crippen MR) is 70.0 cm³/mol. The maximum absolute atomic E-state index is 9.63. The van der Waals surface area contributed by atoms with Crippen LogP contribution in [0, 0.1) is 0 Å². The number of nitrogens with zero attached hydrogens (tertiary/aromatic N) is 1. The van der Waals surface area contributed by atoms with Gasteiger partial charge in [-0.1, -0.05) is 37.3 Å². The Kier molecular flexibility index (Phi) is 6.86. The van der Waals surface area contributed by atoms with Crippen LogP contribution < -0.4 is 0 Å². The van der Waals surface area contributed by atoms with E-state index in [2.05, 4.69) is 17.0 Å². The molecule has 0 fully saturated rings. The third-order valence-electron chi connectivity index (χ3n) is 2.92. The van der Waals surface area contributed by atoms with E-state index >= 15 is 0 Å². The van der Waals surface area contributed by atoms with Gasteiger partial charge in [-0.2, -0.15) is 0 Å². The molecule has 2 N–H and O–H groups in total. The van der Waals surface area contributed by atoms with Crippen LogP contribution in [0.2, 0.25) is 0 Å². The molecule has 1 rings (SSSR count). The molecule has 0 aliphatic rings. The molecule has 0 unspecified atom stereocenters. The summed E-state index contributed by atoms with van der Waals surface area (Å²) in [5.41, 5.74) is 1.29. The maximum atomic E-state index is 9.63. The van der Waals surface area contributed by atoms with Gasteiger partial charge in [0.05, 0.1) is 12.7 Å². The van der Waals surface area contributed by atoms with Gasteiger partial charge in [0, 0.05) is 19.6 Å². The Morgan fingerprint density at radius 1 is 1.18 bits per heavy atom. The highest BCUT2D eigenvalue weighted by molar-refractivity contribution is 5.14. The summed E-state index contributed by atoms with van der Waals surface area (Å²) in [7, 11) is 0. The van der Waals surface area contributed by atoms with Crippen molar-refractivity contribution in [3.8, 4) is 0 Å². The van der Waals surface area contributed by atoms with Crippen LogP contribution in [0.3, 0.4) is 0 Å². The number of rotatable bonds is 8. The lowest BCUT2D eigenvalue weighted by Gasteiger charge is -2.23. The smallest absolute Gasteiger partial charge is 0.0664 e. The van der Waals surface area contributed by atoms with E-state index in [1.807, 2.05) is 25.1 Å². The van der Waals surface area contributed by atoms with E-state index in [-0.39, 0.29) is 12.7 Å². The topological polar surface area (TPSA) is 43.7 Å². The minimum Gasteiger partial charge on any atom is -0.395 e. The fourth-order valence-electron chi connectivity index (χ4n) is 1.79. The van der Waals surface area contributed by atoms with Crippen molar-refractivity contribution in [3.05, 3.63) is 35.9 Å². The van der Waals surface area contributed by atoms with Gasteiger partial charge in [0.1, 0.15) is 0 Å². The normalized spacial score (nSPS) is 12.9. The molecule has 0 saturated heterocycles. The molecule has 17 heavy (non-hydrogen) atoms. The molecule has 0 saturated carbocycles. The summed E-state index contributed by atoms with van der Waals surface area (Å²) in [4.78, 5) is 2.11. The zero-order valence-electron chi connectivity index (χ0n) is 10.5. The standard InChI is InChI=1S/C14H23NO2/c1-2-14(17)12-15(10-11-16)9-8-13-6-4-3-5-7-13/h3-7,14,16-17H,2,8-12H2,1H3/t14-/m1/s1. The van der Waals surface area contributed by atoms with Crippen LogP contribution in [0.15, 0.2) is 30.3 Å². The molecule has 3 nitrogen and oxygen atoms in total. The average molecular weight is 237 g/mol. The Bertz CT molecular complexity index is 290. The molecule has 0 spiro atoms. The Labute approximate surface area is 104 Å². The summed E-state index contributed by atoms with van der Waals surface area (Å²) in [6.45, 7) is 4.26. The van der Waals surface area contributed by atoms with Gasteiger partial charge in [-0.15, -0.1) is 0 Å². The highest BCUT2D eigenvalue weighted by Crippen LogP contribution is 2.03. The van der Waals surface area contributed by atoms with Crippen molar-refractivity contribution in [3.63, 3.8) is 0 Å². The molecule has 1 aromatic carbocycles. The highest BCUT2D eigenvalue weighted by atomic mass is 16.3. The van der Waals surface area contributed by atoms with Gasteiger partial charge in [0.2, 0.25) is 0 Å². The highest BCUT2D eigenvalue weighted by Gasteiger charge is 2.09. The molecule has 0 heterocycles. The molecule has 1 aromatic rings. The van der Waals surface area contributed by atoms with Gasteiger partial charge in [-0.05, 0) is 18.4 Å². The Hall–Kier alpha value is -0.900. The molecule has 0 aliphatic heterocycles. The molecular weight excluding hydrogens is 214 g/mol. The second kappa shape index (κ2) is 8.23. The fraction of sp³-hybridized carbons (Fsp3) is 0.571. The van der Waals surface area contributed by atoms with E-state index in [1.54, 1.807) is 0 Å². The van der Waals surface area contributed by atoms with Crippen LogP contribution in [0.1, 0.15) is 18.9 Å². The maximum Gasteiger partial charge on any atom is 0.0664 e. The van der Waals surface area contributed by atoms with E-state index in [1.165, 1.54) is 5.56 Å². The van der Waals surface area contributed by atoms with Crippen molar-refractivity contribution < 1.29 is 10.2 Å². The molecule has 0 aliphatic carbocycles. The molecule has 96 valence electrons. The van der Waals surface area contributed by atoms with Gasteiger partial charge in [0.15, 0.2) is 0 Å². The summed E-state index contributed by atoms with van der Waals surface area (Å²) in [5, 5.41) is 18.6. The average Bonchev–Trinajstić information content (AvgIpc) is 2.37. The first-order valence-corrected chi connectivity index (χ1v) is 6.31. The zero-order valence-corrected chi connectivity index (χ0v) is 10.5. The Morgan fingerprint density at radius 3 is 2.47 bits per heavy atom. The van der Waals surface area contributed by atoms with Crippen LogP contribution in [-0.4, -0.2) is 47.5 Å². The SMILES string of the molecule is CC[C@@H](O)CN(CCO)CCc1ccccc1. The van der Waals surface area contributed by atoms with Gasteiger partial charge < -0.3 is 10.2 Å². The lowest BCUT2D eigenvalue weighted by Crippen LogP contribution is -2.35. The van der Waals surface area contributed by atoms with Crippen LogP contribution in [0.4, 0.5) is 0 Å². The van der Waals surface area contributed by atoms with Crippen molar-refractivity contribution in [2.75, 3.05) is 26.2 Å². The predicted octanol–water partition coefficient (Wildman–Crippen LogP) is 1.29. The number of aliphatic hydroxyl groups excluding tert-OH is 2. The number of hydrogen-bond donors (Lipinski definition) is 2. The van der Waals surface area contributed by atoms with E-state index in [9.17, 15) is 5.11 Å². The first-order valence-electron chi connectivity index (χ1n) is 6.31. The second-order valence-corrected chi connectivity index (χ2v) is 4.32. The summed E-state index contributed by atoms with van der Waals surface area (Å²) in [6.07, 6.45) is 1.42. The van der Waals surface area contributed by atoms with Gasteiger partial charge in [-0.3, -0.25) is 4.90 Å². The Balaban J connectivity index is 2.38. The van der Waals surface area contributed by atoms with E-state index in [0.717, 1.165) is 19.4 Å². The first kappa shape index (κ1) is 14.2. The second-order valence-electron chi connectivity index (χ2n) is 4.32. The van der Waals surface area contributed by atoms with Gasteiger partial charge in [0.25, 0.3) is 0 Å².